The maximum absolute atomic E-state index is 12.3. The molecular weight excluding hydrogens is 238 g/mol. The average molecular weight is 257 g/mol. The smallest absolute Gasteiger partial charge is 0.241 e. The molecule has 0 saturated carbocycles. The minimum Gasteiger partial charge on any atom is -0.335 e. The second kappa shape index (κ2) is 5.41. The predicted octanol–water partition coefficient (Wildman–Crippen LogP) is 1.68. The molecule has 1 amide bonds. The van der Waals surface area contributed by atoms with Crippen molar-refractivity contribution in [3.63, 3.8) is 0 Å². The van der Waals surface area contributed by atoms with Gasteiger partial charge >= 0.3 is 0 Å². The van der Waals surface area contributed by atoms with E-state index in [2.05, 4.69) is 25.2 Å². The Morgan fingerprint density at radius 2 is 2.11 bits per heavy atom. The zero-order valence-corrected chi connectivity index (χ0v) is 11.4. The largest absolute Gasteiger partial charge is 0.335 e. The first-order valence-corrected chi connectivity index (χ1v) is 6.49. The molecule has 1 aliphatic heterocycles. The van der Waals surface area contributed by atoms with E-state index >= 15 is 0 Å². The maximum atomic E-state index is 12.3. The summed E-state index contributed by atoms with van der Waals surface area (Å²) in [5.41, 5.74) is 0.953. The van der Waals surface area contributed by atoms with E-state index < -0.39 is 6.04 Å². The number of hydrogen-bond donors (Lipinski definition) is 1. The number of nitriles is 1. The Morgan fingerprint density at radius 3 is 2.74 bits per heavy atom. The van der Waals surface area contributed by atoms with Crippen LogP contribution < -0.4 is 5.32 Å². The number of rotatable bonds is 3. The van der Waals surface area contributed by atoms with E-state index in [0.29, 0.717) is 13.1 Å². The Kier molecular flexibility index (Phi) is 3.87. The van der Waals surface area contributed by atoms with Crippen LogP contribution in [0.1, 0.15) is 25.8 Å². The van der Waals surface area contributed by atoms with Crippen LogP contribution in [0.15, 0.2) is 30.3 Å². The fourth-order valence-electron chi connectivity index (χ4n) is 2.52. The molecule has 0 aliphatic carbocycles. The lowest BCUT2D eigenvalue weighted by atomic mass is 9.96. The normalized spacial score (nSPS) is 22.1. The van der Waals surface area contributed by atoms with Gasteiger partial charge in [0.05, 0.1) is 12.5 Å². The number of amides is 1. The minimum absolute atomic E-state index is 0.0183. The lowest BCUT2D eigenvalue weighted by Gasteiger charge is -2.42. The Bertz CT molecular complexity index is 490. The van der Waals surface area contributed by atoms with E-state index in [9.17, 15) is 4.79 Å². The van der Waals surface area contributed by atoms with Crippen LogP contribution in [0.4, 0.5) is 0 Å². The molecule has 0 spiro atoms. The van der Waals surface area contributed by atoms with Crippen LogP contribution in [-0.2, 0) is 11.3 Å². The zero-order valence-electron chi connectivity index (χ0n) is 11.4. The average Bonchev–Trinajstić information content (AvgIpc) is 2.36. The molecule has 1 atom stereocenters. The predicted molar refractivity (Wildman–Crippen MR) is 73.1 cm³/mol. The molecule has 1 aromatic carbocycles. The van der Waals surface area contributed by atoms with Gasteiger partial charge in [0.2, 0.25) is 5.91 Å². The van der Waals surface area contributed by atoms with E-state index in [4.69, 9.17) is 5.26 Å². The molecular formula is C15H19N3O. The maximum Gasteiger partial charge on any atom is 0.241 e. The summed E-state index contributed by atoms with van der Waals surface area (Å²) in [6.07, 6.45) is 0.216. The number of nitrogens with zero attached hydrogens (tertiary/aromatic N) is 2. The van der Waals surface area contributed by atoms with Crippen LogP contribution in [0.25, 0.3) is 0 Å². The molecule has 0 bridgehead atoms. The van der Waals surface area contributed by atoms with Crippen LogP contribution in [0.3, 0.4) is 0 Å². The van der Waals surface area contributed by atoms with Crippen molar-refractivity contribution in [3.05, 3.63) is 35.9 Å². The monoisotopic (exact) mass is 257 g/mol. The lowest BCUT2D eigenvalue weighted by molar-refractivity contribution is -0.139. The van der Waals surface area contributed by atoms with Crippen LogP contribution in [0.2, 0.25) is 0 Å². The topological polar surface area (TPSA) is 56.1 Å². The first-order chi connectivity index (χ1) is 9.02. The van der Waals surface area contributed by atoms with Gasteiger partial charge in [-0.25, -0.2) is 0 Å². The molecule has 4 nitrogen and oxygen atoms in total. The molecule has 0 radical (unpaired) electrons. The molecule has 1 aromatic rings. The summed E-state index contributed by atoms with van der Waals surface area (Å²) in [5.74, 6) is 0.0183. The van der Waals surface area contributed by atoms with Gasteiger partial charge in [0, 0.05) is 18.6 Å². The van der Waals surface area contributed by atoms with E-state index in [1.807, 2.05) is 35.2 Å². The third-order valence-corrected chi connectivity index (χ3v) is 3.27. The summed E-state index contributed by atoms with van der Waals surface area (Å²) >= 11 is 0. The van der Waals surface area contributed by atoms with Crippen LogP contribution in [-0.4, -0.2) is 28.9 Å². The van der Waals surface area contributed by atoms with Crippen molar-refractivity contribution in [2.45, 2.75) is 38.4 Å². The SMILES string of the molecule is CC1(C)CN(Cc2ccccc2)C(=O)C(CC#N)N1. The van der Waals surface area contributed by atoms with Crippen LogP contribution in [0, 0.1) is 11.3 Å². The van der Waals surface area contributed by atoms with Gasteiger partial charge in [-0.1, -0.05) is 30.3 Å². The van der Waals surface area contributed by atoms with E-state index in [0.717, 1.165) is 5.56 Å². The highest BCUT2D eigenvalue weighted by Crippen LogP contribution is 2.19. The Balaban J connectivity index is 2.14. The number of carbonyl (C=O) groups is 1. The molecule has 2 rings (SSSR count). The number of nitrogens with one attached hydrogen (secondary N) is 1. The molecule has 1 fully saturated rings. The first kappa shape index (κ1) is 13.6. The standard InChI is InChI=1S/C15H19N3O/c1-15(2)11-18(10-12-6-4-3-5-7-12)14(19)13(17-15)8-9-16/h3-7,13,17H,8,10-11H2,1-2H3. The quantitative estimate of drug-likeness (QED) is 0.896. The summed E-state index contributed by atoms with van der Waals surface area (Å²) in [6, 6.07) is 11.6. The highest BCUT2D eigenvalue weighted by molar-refractivity contribution is 5.83. The van der Waals surface area contributed by atoms with Crippen molar-refractivity contribution in [2.24, 2.45) is 0 Å². The van der Waals surface area contributed by atoms with Crippen molar-refractivity contribution >= 4 is 5.91 Å². The van der Waals surface area contributed by atoms with Crippen molar-refractivity contribution in [3.8, 4) is 6.07 Å². The molecule has 1 unspecified atom stereocenters. The fourth-order valence-corrected chi connectivity index (χ4v) is 2.52. The van der Waals surface area contributed by atoms with Crippen molar-refractivity contribution in [2.75, 3.05) is 6.54 Å². The van der Waals surface area contributed by atoms with Gasteiger partial charge in [-0.3, -0.25) is 10.1 Å². The highest BCUT2D eigenvalue weighted by atomic mass is 16.2. The summed E-state index contributed by atoms with van der Waals surface area (Å²) in [4.78, 5) is 14.2. The number of hydrogen-bond acceptors (Lipinski definition) is 3. The second-order valence-electron chi connectivity index (χ2n) is 5.62. The minimum atomic E-state index is -0.391. The van der Waals surface area contributed by atoms with Gasteiger partial charge in [0.25, 0.3) is 0 Å². The molecule has 100 valence electrons. The first-order valence-electron chi connectivity index (χ1n) is 6.49. The molecule has 0 aromatic heterocycles. The molecule has 1 N–H and O–H groups in total. The van der Waals surface area contributed by atoms with Gasteiger partial charge in [-0.05, 0) is 19.4 Å². The van der Waals surface area contributed by atoms with Gasteiger partial charge in [-0.15, -0.1) is 0 Å². The number of piperazine rings is 1. The zero-order chi connectivity index (χ0) is 13.9. The summed E-state index contributed by atoms with van der Waals surface area (Å²) < 4.78 is 0. The Morgan fingerprint density at radius 1 is 1.42 bits per heavy atom. The molecule has 4 heteroatoms. The van der Waals surface area contributed by atoms with E-state index in [1.54, 1.807) is 0 Å². The van der Waals surface area contributed by atoms with Gasteiger partial charge in [-0.2, -0.15) is 5.26 Å². The van der Waals surface area contributed by atoms with Gasteiger partial charge < -0.3 is 4.90 Å². The fraction of sp³-hybridized carbons (Fsp3) is 0.467. The van der Waals surface area contributed by atoms with Crippen molar-refractivity contribution in [1.82, 2.24) is 10.2 Å². The number of benzene rings is 1. The lowest BCUT2D eigenvalue weighted by Crippen LogP contribution is -2.64. The second-order valence-corrected chi connectivity index (χ2v) is 5.62. The third kappa shape index (κ3) is 3.33. The Hall–Kier alpha value is -1.86. The van der Waals surface area contributed by atoms with Gasteiger partial charge in [0.1, 0.15) is 6.04 Å². The molecule has 1 saturated heterocycles. The molecule has 1 aliphatic rings. The van der Waals surface area contributed by atoms with Crippen molar-refractivity contribution < 1.29 is 4.79 Å². The van der Waals surface area contributed by atoms with Crippen LogP contribution in [0.5, 0.6) is 0 Å². The molecule has 1 heterocycles. The highest BCUT2D eigenvalue weighted by Gasteiger charge is 2.37. The van der Waals surface area contributed by atoms with Gasteiger partial charge in [0.15, 0.2) is 0 Å². The third-order valence-electron chi connectivity index (χ3n) is 3.27. The molecule has 19 heavy (non-hydrogen) atoms. The summed E-state index contributed by atoms with van der Waals surface area (Å²) in [5, 5.41) is 12.1. The van der Waals surface area contributed by atoms with Crippen molar-refractivity contribution in [1.29, 1.82) is 5.26 Å². The summed E-state index contributed by atoms with van der Waals surface area (Å²) in [6.45, 7) is 5.37. The number of carbonyl (C=O) groups excluding carboxylic acids is 1. The van der Waals surface area contributed by atoms with E-state index in [1.165, 1.54) is 0 Å². The Labute approximate surface area is 114 Å². The van der Waals surface area contributed by atoms with E-state index in [-0.39, 0.29) is 17.9 Å². The van der Waals surface area contributed by atoms with Crippen LogP contribution >= 0.6 is 0 Å². The summed E-state index contributed by atoms with van der Waals surface area (Å²) in [7, 11) is 0.